The van der Waals surface area contributed by atoms with Crippen LogP contribution in [-0.4, -0.2) is 19.9 Å². The third kappa shape index (κ3) is 6.28. The van der Waals surface area contributed by atoms with Crippen molar-refractivity contribution in [2.45, 2.75) is 10.8 Å². The van der Waals surface area contributed by atoms with Crippen LogP contribution < -0.4 is 9.47 Å². The second-order valence-electron chi connectivity index (χ2n) is 23.0. The van der Waals surface area contributed by atoms with Gasteiger partial charge in [-0.25, -0.2) is 9.97 Å². The van der Waals surface area contributed by atoms with E-state index in [1.807, 2.05) is 18.5 Å². The first kappa shape index (κ1) is 47.2. The van der Waals surface area contributed by atoms with Gasteiger partial charge in [-0.15, -0.1) is 0 Å². The molecule has 0 saturated carbocycles. The number of para-hydroxylation sites is 4. The maximum atomic E-state index is 7.15. The van der Waals surface area contributed by atoms with E-state index in [-0.39, 0.29) is 0 Å². The maximum absolute atomic E-state index is 7.15. The minimum Gasteiger partial charge on any atom is -0.456 e. The number of rotatable bonds is 4. The standard InChI is InChI=1S/C80H46N4O2/c1-4-20-61-55(15-1)56-16-2-5-21-62(56)79(61)65-23-7-10-28-72(65)86-78-59(19-12-26-68(78)79)70-42-38-51-35-39-58-53(43-45-82-76(58)75(51)84-70)52-36-40-64-60(46-52)57-17-3-6-22-63(57)80(64)66-24-8-9-27-71(66)85-77-54(18-11-25-67(77)80)47-29-31-48(32-30-47)69-41-37-50-34-33-49-14-13-44-81-73(49)74(50)83-69/h1-46H. The van der Waals surface area contributed by atoms with Crippen LogP contribution in [0.2, 0.25) is 0 Å². The number of aromatic nitrogens is 4. The fraction of sp³-hybridized carbons (Fsp3) is 0.0250. The minimum absolute atomic E-state index is 0.579. The molecule has 0 amide bonds. The van der Waals surface area contributed by atoms with Gasteiger partial charge in [0.25, 0.3) is 0 Å². The highest BCUT2D eigenvalue weighted by Gasteiger charge is 2.53. The molecule has 4 aliphatic rings. The number of hydrogen-bond donors (Lipinski definition) is 0. The molecule has 2 aliphatic heterocycles. The van der Waals surface area contributed by atoms with E-state index in [4.69, 9.17) is 29.4 Å². The van der Waals surface area contributed by atoms with Crippen molar-refractivity contribution in [2.24, 2.45) is 0 Å². The summed E-state index contributed by atoms with van der Waals surface area (Å²) in [7, 11) is 0. The van der Waals surface area contributed by atoms with E-state index in [1.165, 1.54) is 44.5 Å². The monoisotopic (exact) mass is 1090 g/mol. The molecule has 2 aliphatic carbocycles. The zero-order chi connectivity index (χ0) is 56.2. The molecule has 6 heteroatoms. The van der Waals surface area contributed by atoms with Crippen LogP contribution in [0.5, 0.6) is 23.0 Å². The lowest BCUT2D eigenvalue weighted by Crippen LogP contribution is -2.32. The Morgan fingerprint density at radius 1 is 0.256 bits per heavy atom. The van der Waals surface area contributed by atoms with E-state index in [0.717, 1.165) is 134 Å². The van der Waals surface area contributed by atoms with Crippen LogP contribution in [-0.2, 0) is 10.8 Å². The van der Waals surface area contributed by atoms with E-state index in [9.17, 15) is 0 Å². The largest absolute Gasteiger partial charge is 0.456 e. The summed E-state index contributed by atoms with van der Waals surface area (Å²) in [6.45, 7) is 0. The van der Waals surface area contributed by atoms with Gasteiger partial charge in [0.15, 0.2) is 0 Å². The second kappa shape index (κ2) is 17.6. The first-order valence-corrected chi connectivity index (χ1v) is 29.3. The van der Waals surface area contributed by atoms with Gasteiger partial charge in [0, 0.05) is 72.9 Å². The molecule has 2 spiro atoms. The lowest BCUT2D eigenvalue weighted by molar-refractivity contribution is 0.438. The Morgan fingerprint density at radius 2 is 0.721 bits per heavy atom. The van der Waals surface area contributed by atoms with E-state index in [1.54, 1.807) is 0 Å². The summed E-state index contributed by atoms with van der Waals surface area (Å²) >= 11 is 0. The Balaban J connectivity index is 0.732. The third-order valence-corrected chi connectivity index (χ3v) is 18.9. The van der Waals surface area contributed by atoms with E-state index in [0.29, 0.717) is 0 Å². The van der Waals surface area contributed by atoms with Crippen molar-refractivity contribution in [3.63, 3.8) is 0 Å². The zero-order valence-corrected chi connectivity index (χ0v) is 46.2. The predicted molar refractivity (Wildman–Crippen MR) is 344 cm³/mol. The first-order chi connectivity index (χ1) is 42.6. The fourth-order valence-corrected chi connectivity index (χ4v) is 15.3. The minimum atomic E-state index is -0.667. The smallest absolute Gasteiger partial charge is 0.141 e. The number of benzene rings is 11. The average molecular weight is 1100 g/mol. The van der Waals surface area contributed by atoms with Crippen molar-refractivity contribution in [1.82, 2.24) is 19.9 Å². The number of nitrogens with zero attached hydrogens (tertiary/aromatic N) is 4. The molecule has 6 nitrogen and oxygen atoms in total. The van der Waals surface area contributed by atoms with Crippen LogP contribution in [0, 0.1) is 0 Å². The van der Waals surface area contributed by atoms with E-state index < -0.39 is 10.8 Å². The van der Waals surface area contributed by atoms with Gasteiger partial charge in [0.05, 0.1) is 44.3 Å². The van der Waals surface area contributed by atoms with Crippen molar-refractivity contribution < 1.29 is 9.47 Å². The highest BCUT2D eigenvalue weighted by Crippen LogP contribution is 2.65. The number of pyridine rings is 4. The molecule has 15 aromatic rings. The van der Waals surface area contributed by atoms with Gasteiger partial charge in [-0.05, 0) is 110 Å². The molecule has 1 unspecified atom stereocenters. The summed E-state index contributed by atoms with van der Waals surface area (Å²) in [6.07, 6.45) is 3.77. The molecular formula is C80H46N4O2. The molecule has 0 fully saturated rings. The second-order valence-corrected chi connectivity index (χ2v) is 23.0. The highest BCUT2D eigenvalue weighted by molar-refractivity contribution is 6.09. The molecular weight excluding hydrogens is 1050 g/mol. The molecule has 11 aromatic carbocycles. The molecule has 398 valence electrons. The van der Waals surface area contributed by atoms with Crippen LogP contribution in [0.15, 0.2) is 279 Å². The van der Waals surface area contributed by atoms with Gasteiger partial charge in [-0.1, -0.05) is 218 Å². The molecule has 0 N–H and O–H groups in total. The normalized spacial score (nSPS) is 15.1. The van der Waals surface area contributed by atoms with Gasteiger partial charge >= 0.3 is 0 Å². The van der Waals surface area contributed by atoms with Crippen molar-refractivity contribution in [2.75, 3.05) is 0 Å². The fourth-order valence-electron chi connectivity index (χ4n) is 15.3. The summed E-state index contributed by atoms with van der Waals surface area (Å²) in [5.41, 5.74) is 24.5. The molecule has 6 heterocycles. The van der Waals surface area contributed by atoms with Crippen molar-refractivity contribution in [1.29, 1.82) is 0 Å². The average Bonchev–Trinajstić information content (AvgIpc) is 1.49. The summed E-state index contributed by atoms with van der Waals surface area (Å²) in [4.78, 5) is 20.6. The van der Waals surface area contributed by atoms with Gasteiger partial charge in [-0.2, -0.15) is 0 Å². The van der Waals surface area contributed by atoms with Crippen LogP contribution in [0.4, 0.5) is 0 Å². The third-order valence-electron chi connectivity index (χ3n) is 18.9. The molecule has 4 aromatic heterocycles. The lowest BCUT2D eigenvalue weighted by Gasteiger charge is -2.40. The summed E-state index contributed by atoms with van der Waals surface area (Å²) < 4.78 is 14.2. The Bertz CT molecular complexity index is 5410. The first-order valence-electron chi connectivity index (χ1n) is 29.3. The van der Waals surface area contributed by atoms with Gasteiger partial charge < -0.3 is 9.47 Å². The van der Waals surface area contributed by atoms with Crippen LogP contribution in [0.1, 0.15) is 44.5 Å². The van der Waals surface area contributed by atoms with Crippen LogP contribution in [0.3, 0.4) is 0 Å². The van der Waals surface area contributed by atoms with Crippen molar-refractivity contribution in [3.8, 4) is 90.0 Å². The van der Waals surface area contributed by atoms with Crippen LogP contribution >= 0.6 is 0 Å². The summed E-state index contributed by atoms with van der Waals surface area (Å²) in [6, 6.07) is 96.2. The quantitative estimate of drug-likeness (QED) is 0.164. The Hall–Kier alpha value is -11.3. The molecule has 19 rings (SSSR count). The van der Waals surface area contributed by atoms with Crippen molar-refractivity contribution in [3.05, 3.63) is 324 Å². The molecule has 0 radical (unpaired) electrons. The van der Waals surface area contributed by atoms with Crippen LogP contribution in [0.25, 0.3) is 111 Å². The molecule has 1 atom stereocenters. The summed E-state index contributed by atoms with van der Waals surface area (Å²) in [5, 5.41) is 4.19. The molecule has 0 saturated heterocycles. The van der Waals surface area contributed by atoms with Gasteiger partial charge in [-0.3, -0.25) is 9.97 Å². The number of hydrogen-bond acceptors (Lipinski definition) is 6. The van der Waals surface area contributed by atoms with E-state index >= 15 is 0 Å². The van der Waals surface area contributed by atoms with E-state index in [2.05, 4.69) is 261 Å². The lowest BCUT2D eigenvalue weighted by atomic mass is 9.65. The van der Waals surface area contributed by atoms with Gasteiger partial charge in [0.1, 0.15) is 23.0 Å². The Labute approximate surface area is 495 Å². The van der Waals surface area contributed by atoms with Crippen molar-refractivity contribution >= 4 is 43.6 Å². The Kier molecular flexibility index (Phi) is 9.65. The summed E-state index contributed by atoms with van der Waals surface area (Å²) in [5.74, 6) is 3.36. The predicted octanol–water partition coefficient (Wildman–Crippen LogP) is 19.5. The molecule has 86 heavy (non-hydrogen) atoms. The zero-order valence-electron chi connectivity index (χ0n) is 46.2. The maximum Gasteiger partial charge on any atom is 0.141 e. The SMILES string of the molecule is c1ccc2c(c1)Oc1c(-c3ccc(-c4ccc5ccc6cccnc6c5n4)cc3)cccc1C21c2ccccc2-c2cc(-c3ccnc4c3ccc3ccc(-c5cccc6c5Oc5ccccc5C65c6ccccc6-c6ccccc65)nc34)ccc21. The Morgan fingerprint density at radius 3 is 1.40 bits per heavy atom. The van der Waals surface area contributed by atoms with Gasteiger partial charge in [0.2, 0.25) is 0 Å². The highest BCUT2D eigenvalue weighted by atomic mass is 16.5. The number of fused-ring (bicyclic) bond motifs is 24. The number of ether oxygens (including phenoxy) is 2. The molecule has 0 bridgehead atoms. The topological polar surface area (TPSA) is 70.0 Å².